The summed E-state index contributed by atoms with van der Waals surface area (Å²) in [6, 6.07) is 7.20. The van der Waals surface area contributed by atoms with E-state index in [0.717, 1.165) is 5.39 Å². The number of nitrogens with one attached hydrogen (secondary N) is 1. The van der Waals surface area contributed by atoms with E-state index in [9.17, 15) is 9.59 Å². The van der Waals surface area contributed by atoms with Gasteiger partial charge in [0, 0.05) is 11.8 Å². The largest absolute Gasteiger partial charge is 0.451 e. The first kappa shape index (κ1) is 10.4. The quantitative estimate of drug-likeness (QED) is 0.804. The van der Waals surface area contributed by atoms with E-state index in [4.69, 9.17) is 4.42 Å². The van der Waals surface area contributed by atoms with Crippen LogP contribution in [-0.2, 0) is 4.79 Å². The number of hydrogen-bond donors (Lipinski definition) is 1. The lowest BCUT2D eigenvalue weighted by atomic mass is 10.2. The molecule has 1 amide bonds. The molecular formula is C12H11NO3. The minimum atomic E-state index is -0.144. The third-order valence-electron chi connectivity index (χ3n) is 2.32. The van der Waals surface area contributed by atoms with Crippen LogP contribution in [0.25, 0.3) is 11.0 Å². The van der Waals surface area contributed by atoms with E-state index >= 15 is 0 Å². The van der Waals surface area contributed by atoms with E-state index in [2.05, 4.69) is 5.32 Å². The van der Waals surface area contributed by atoms with Crippen LogP contribution in [0.2, 0.25) is 0 Å². The molecule has 0 saturated carbocycles. The molecule has 0 unspecified atom stereocenters. The van der Waals surface area contributed by atoms with Crippen LogP contribution in [0.4, 0.5) is 5.69 Å². The highest BCUT2D eigenvalue weighted by molar-refractivity contribution is 6.06. The Labute approximate surface area is 92.2 Å². The summed E-state index contributed by atoms with van der Waals surface area (Å²) in [6.07, 6.45) is 0.961. The second-order valence-electron chi connectivity index (χ2n) is 3.36. The zero-order valence-corrected chi connectivity index (χ0v) is 8.82. The molecule has 0 spiro atoms. The van der Waals surface area contributed by atoms with Crippen LogP contribution in [0.15, 0.2) is 28.7 Å². The van der Waals surface area contributed by atoms with E-state index in [1.807, 2.05) is 12.1 Å². The molecule has 0 aliphatic rings. The van der Waals surface area contributed by atoms with Gasteiger partial charge in [-0.1, -0.05) is 19.1 Å². The Kier molecular flexibility index (Phi) is 2.72. The van der Waals surface area contributed by atoms with Gasteiger partial charge in [-0.15, -0.1) is 0 Å². The van der Waals surface area contributed by atoms with Crippen molar-refractivity contribution in [3.63, 3.8) is 0 Å². The molecule has 0 saturated heterocycles. The Bertz CT molecular complexity index is 542. The third kappa shape index (κ3) is 1.69. The molecule has 0 aliphatic heterocycles. The predicted molar refractivity (Wildman–Crippen MR) is 60.5 cm³/mol. The molecule has 1 heterocycles. The Hall–Kier alpha value is -2.10. The van der Waals surface area contributed by atoms with Gasteiger partial charge in [-0.2, -0.15) is 0 Å². The van der Waals surface area contributed by atoms with Gasteiger partial charge in [0.2, 0.25) is 5.91 Å². The Balaban J connectivity index is 2.55. The van der Waals surface area contributed by atoms with E-state index in [1.54, 1.807) is 19.1 Å². The fourth-order valence-electron chi connectivity index (χ4n) is 1.50. The summed E-state index contributed by atoms with van der Waals surface area (Å²) in [4.78, 5) is 22.1. The first-order valence-corrected chi connectivity index (χ1v) is 5.02. The molecule has 2 aromatic rings. The van der Waals surface area contributed by atoms with Crippen molar-refractivity contribution in [3.05, 3.63) is 30.0 Å². The summed E-state index contributed by atoms with van der Waals surface area (Å²) in [6.45, 7) is 1.75. The molecule has 2 rings (SSSR count). The maximum absolute atomic E-state index is 11.3. The van der Waals surface area contributed by atoms with Crippen LogP contribution in [-0.4, -0.2) is 12.2 Å². The molecule has 4 heteroatoms. The summed E-state index contributed by atoms with van der Waals surface area (Å²) >= 11 is 0. The number of anilines is 1. The standard InChI is InChI=1S/C12H11NO3/c1-2-11(15)13-12-8-5-3-4-6-9(8)16-10(12)7-14/h3-7H,2H2,1H3,(H,13,15). The molecule has 4 nitrogen and oxygen atoms in total. The van der Waals surface area contributed by atoms with Gasteiger partial charge in [0.1, 0.15) is 5.58 Å². The van der Waals surface area contributed by atoms with Crippen LogP contribution in [0.1, 0.15) is 23.9 Å². The number of amides is 1. The summed E-state index contributed by atoms with van der Waals surface area (Å²) in [5.41, 5.74) is 1.05. The van der Waals surface area contributed by atoms with E-state index < -0.39 is 0 Å². The highest BCUT2D eigenvalue weighted by atomic mass is 16.3. The predicted octanol–water partition coefficient (Wildman–Crippen LogP) is 2.59. The van der Waals surface area contributed by atoms with Crippen LogP contribution >= 0.6 is 0 Å². The lowest BCUT2D eigenvalue weighted by Gasteiger charge is -2.00. The molecule has 0 aliphatic carbocycles. The first-order valence-electron chi connectivity index (χ1n) is 5.02. The number of furan rings is 1. The monoisotopic (exact) mass is 217 g/mol. The number of hydrogen-bond acceptors (Lipinski definition) is 3. The maximum Gasteiger partial charge on any atom is 0.224 e. The molecule has 16 heavy (non-hydrogen) atoms. The number of aldehydes is 1. The zero-order chi connectivity index (χ0) is 11.5. The average Bonchev–Trinajstić information content (AvgIpc) is 2.67. The lowest BCUT2D eigenvalue weighted by molar-refractivity contribution is -0.115. The van der Waals surface area contributed by atoms with Crippen molar-refractivity contribution in [1.82, 2.24) is 0 Å². The maximum atomic E-state index is 11.3. The van der Waals surface area contributed by atoms with Gasteiger partial charge in [-0.3, -0.25) is 9.59 Å². The van der Waals surface area contributed by atoms with Gasteiger partial charge in [0.25, 0.3) is 0 Å². The van der Waals surface area contributed by atoms with Crippen LogP contribution in [0.3, 0.4) is 0 Å². The van der Waals surface area contributed by atoms with Crippen molar-refractivity contribution in [2.45, 2.75) is 13.3 Å². The van der Waals surface area contributed by atoms with E-state index in [1.165, 1.54) is 0 Å². The number of rotatable bonds is 3. The fourth-order valence-corrected chi connectivity index (χ4v) is 1.50. The Morgan fingerprint density at radius 2 is 2.19 bits per heavy atom. The van der Waals surface area contributed by atoms with Crippen LogP contribution in [0.5, 0.6) is 0 Å². The molecule has 1 aromatic heterocycles. The zero-order valence-electron chi connectivity index (χ0n) is 8.82. The Morgan fingerprint density at radius 1 is 1.44 bits per heavy atom. The minimum Gasteiger partial charge on any atom is -0.451 e. The van der Waals surface area contributed by atoms with Crippen molar-refractivity contribution in [2.24, 2.45) is 0 Å². The summed E-state index contributed by atoms with van der Waals surface area (Å²) < 4.78 is 5.31. The smallest absolute Gasteiger partial charge is 0.224 e. The molecule has 0 bridgehead atoms. The highest BCUT2D eigenvalue weighted by Crippen LogP contribution is 2.29. The molecular weight excluding hydrogens is 206 g/mol. The van der Waals surface area contributed by atoms with Crippen molar-refractivity contribution in [1.29, 1.82) is 0 Å². The number of fused-ring (bicyclic) bond motifs is 1. The van der Waals surface area contributed by atoms with Crippen LogP contribution < -0.4 is 5.32 Å². The third-order valence-corrected chi connectivity index (χ3v) is 2.32. The molecule has 0 atom stereocenters. The lowest BCUT2D eigenvalue weighted by Crippen LogP contribution is -2.10. The van der Waals surface area contributed by atoms with Gasteiger partial charge in [0.05, 0.1) is 5.69 Å². The SMILES string of the molecule is CCC(=O)Nc1c(C=O)oc2ccccc12. The molecule has 0 radical (unpaired) electrons. The summed E-state index contributed by atoms with van der Waals surface area (Å²) in [7, 11) is 0. The van der Waals surface area contributed by atoms with Crippen molar-refractivity contribution < 1.29 is 14.0 Å². The van der Waals surface area contributed by atoms with Gasteiger partial charge < -0.3 is 9.73 Å². The van der Waals surface area contributed by atoms with Gasteiger partial charge in [-0.25, -0.2) is 0 Å². The van der Waals surface area contributed by atoms with Crippen molar-refractivity contribution >= 4 is 28.8 Å². The van der Waals surface area contributed by atoms with Gasteiger partial charge in [0.15, 0.2) is 12.0 Å². The normalized spacial score (nSPS) is 10.3. The topological polar surface area (TPSA) is 59.3 Å². The summed E-state index contributed by atoms with van der Waals surface area (Å²) in [5.74, 6) is 0.0117. The molecule has 1 N–H and O–H groups in total. The average molecular weight is 217 g/mol. The second kappa shape index (κ2) is 4.18. The van der Waals surface area contributed by atoms with Gasteiger partial charge in [-0.05, 0) is 12.1 Å². The molecule has 82 valence electrons. The van der Waals surface area contributed by atoms with Gasteiger partial charge >= 0.3 is 0 Å². The first-order chi connectivity index (χ1) is 7.76. The molecule has 0 fully saturated rings. The fraction of sp³-hybridized carbons (Fsp3) is 0.167. The molecule has 1 aromatic carbocycles. The summed E-state index contributed by atoms with van der Waals surface area (Å²) in [5, 5.41) is 3.41. The number of carbonyl (C=O) groups excluding carboxylic acids is 2. The number of benzene rings is 1. The number of carbonyl (C=O) groups is 2. The Morgan fingerprint density at radius 3 is 2.88 bits per heavy atom. The van der Waals surface area contributed by atoms with Crippen molar-refractivity contribution in [2.75, 3.05) is 5.32 Å². The van der Waals surface area contributed by atoms with E-state index in [-0.39, 0.29) is 11.7 Å². The van der Waals surface area contributed by atoms with Crippen molar-refractivity contribution in [3.8, 4) is 0 Å². The number of para-hydroxylation sites is 1. The minimum absolute atomic E-state index is 0.144. The van der Waals surface area contributed by atoms with Crippen LogP contribution in [0, 0.1) is 0 Å². The highest BCUT2D eigenvalue weighted by Gasteiger charge is 2.14. The second-order valence-corrected chi connectivity index (χ2v) is 3.36. The van der Waals surface area contributed by atoms with E-state index in [0.29, 0.717) is 24.0 Å².